The monoisotopic (exact) mass is 382 g/mol. The van der Waals surface area contributed by atoms with Crippen LogP contribution in [0.3, 0.4) is 0 Å². The van der Waals surface area contributed by atoms with E-state index < -0.39 is 0 Å². The van der Waals surface area contributed by atoms with Gasteiger partial charge < -0.3 is 4.42 Å². The molecule has 140 valence electrons. The second-order valence-electron chi connectivity index (χ2n) is 7.79. The molecule has 1 heteroatoms. The van der Waals surface area contributed by atoms with Gasteiger partial charge >= 0.3 is 0 Å². The van der Waals surface area contributed by atoms with Gasteiger partial charge in [0.15, 0.2) is 5.76 Å². The van der Waals surface area contributed by atoms with E-state index in [4.69, 9.17) is 4.42 Å². The number of aryl methyl sites for hydroxylation is 1. The summed E-state index contributed by atoms with van der Waals surface area (Å²) in [5.41, 5.74) is 3.09. The lowest BCUT2D eigenvalue weighted by atomic mass is 9.97. The van der Waals surface area contributed by atoms with Crippen LogP contribution in [0.5, 0.6) is 0 Å². The first-order chi connectivity index (χ1) is 14.7. The molecule has 0 unspecified atom stereocenters. The topological polar surface area (TPSA) is 13.1 Å². The number of furan rings is 1. The van der Waals surface area contributed by atoms with Crippen molar-refractivity contribution in [2.75, 3.05) is 0 Å². The Bertz CT molecular complexity index is 1640. The van der Waals surface area contributed by atoms with Crippen molar-refractivity contribution in [3.63, 3.8) is 0 Å². The number of hydrogen-bond donors (Lipinski definition) is 0. The van der Waals surface area contributed by atoms with Gasteiger partial charge in [-0.15, -0.1) is 0 Å². The molecule has 0 radical (unpaired) electrons. The summed E-state index contributed by atoms with van der Waals surface area (Å²) in [6.45, 7) is 2.08. The Kier molecular flexibility index (Phi) is 3.66. The predicted molar refractivity (Wildman–Crippen MR) is 126 cm³/mol. The molecular weight excluding hydrogens is 364 g/mol. The molecule has 0 spiro atoms. The van der Waals surface area contributed by atoms with Crippen LogP contribution in [-0.2, 0) is 0 Å². The van der Waals surface area contributed by atoms with E-state index in [1.54, 1.807) is 0 Å². The van der Waals surface area contributed by atoms with Crippen LogP contribution in [0.2, 0.25) is 0 Å². The summed E-state index contributed by atoms with van der Waals surface area (Å²) in [7, 11) is 0. The molecule has 0 N–H and O–H groups in total. The largest absolute Gasteiger partial charge is 0.448 e. The summed E-state index contributed by atoms with van der Waals surface area (Å²) in [5, 5.41) is 8.59. The summed E-state index contributed by atoms with van der Waals surface area (Å²) < 4.78 is 6.03. The number of benzene rings is 5. The zero-order chi connectivity index (χ0) is 20.1. The van der Waals surface area contributed by atoms with E-state index in [-0.39, 0.29) is 0 Å². The first-order valence-corrected chi connectivity index (χ1v) is 10.1. The summed E-state index contributed by atoms with van der Waals surface area (Å²) >= 11 is 0. The van der Waals surface area contributed by atoms with Crippen molar-refractivity contribution < 1.29 is 4.42 Å². The molecule has 0 saturated carbocycles. The SMILES string of the molecule is Cc1ccc(C#Cc2cc3c(ccc4c5cc6ccccc6cc5ccc34)o2)cc1. The average molecular weight is 382 g/mol. The molecule has 30 heavy (non-hydrogen) atoms. The third-order valence-electron chi connectivity index (χ3n) is 5.76. The van der Waals surface area contributed by atoms with Crippen LogP contribution in [0.4, 0.5) is 0 Å². The summed E-state index contributed by atoms with van der Waals surface area (Å²) in [5.74, 6) is 7.07. The smallest absolute Gasteiger partial charge is 0.178 e. The zero-order valence-electron chi connectivity index (χ0n) is 16.6. The van der Waals surface area contributed by atoms with E-state index in [2.05, 4.69) is 97.6 Å². The summed E-state index contributed by atoms with van der Waals surface area (Å²) in [6.07, 6.45) is 0. The standard InChI is InChI=1S/C29H18O/c1-19-6-8-20(9-7-19)10-12-24-18-28-26-13-11-23-16-21-4-2-3-5-22(21)17-27(23)25(26)14-15-29(28)30-24/h2-9,11,13-18H,1H3. The van der Waals surface area contributed by atoms with E-state index >= 15 is 0 Å². The third-order valence-corrected chi connectivity index (χ3v) is 5.76. The van der Waals surface area contributed by atoms with Crippen LogP contribution < -0.4 is 0 Å². The van der Waals surface area contributed by atoms with Crippen molar-refractivity contribution in [3.8, 4) is 11.8 Å². The summed E-state index contributed by atoms with van der Waals surface area (Å²) in [4.78, 5) is 0. The molecule has 1 aromatic heterocycles. The Hall–Kier alpha value is -4.02. The first-order valence-electron chi connectivity index (χ1n) is 10.1. The van der Waals surface area contributed by atoms with Crippen LogP contribution in [-0.4, -0.2) is 0 Å². The Labute approximate surface area is 174 Å². The molecule has 1 heterocycles. The zero-order valence-corrected chi connectivity index (χ0v) is 16.6. The van der Waals surface area contributed by atoms with Gasteiger partial charge in [-0.1, -0.05) is 66.1 Å². The molecule has 0 amide bonds. The van der Waals surface area contributed by atoms with E-state index in [0.29, 0.717) is 5.76 Å². The molecule has 0 aliphatic carbocycles. The fraction of sp³-hybridized carbons (Fsp3) is 0.0345. The summed E-state index contributed by atoms with van der Waals surface area (Å²) in [6, 6.07) is 32.0. The van der Waals surface area contributed by atoms with Crippen molar-refractivity contribution in [2.24, 2.45) is 0 Å². The molecule has 0 atom stereocenters. The highest BCUT2D eigenvalue weighted by atomic mass is 16.3. The van der Waals surface area contributed by atoms with Crippen molar-refractivity contribution in [2.45, 2.75) is 6.92 Å². The molecule has 6 aromatic rings. The van der Waals surface area contributed by atoms with Crippen LogP contribution in [0.1, 0.15) is 16.9 Å². The normalized spacial score (nSPS) is 11.2. The van der Waals surface area contributed by atoms with Gasteiger partial charge in [0.25, 0.3) is 0 Å². The average Bonchev–Trinajstić information content (AvgIpc) is 3.20. The number of rotatable bonds is 0. The van der Waals surface area contributed by atoms with Crippen LogP contribution in [0, 0.1) is 18.8 Å². The molecule has 0 aliphatic heterocycles. The number of hydrogen-bond acceptors (Lipinski definition) is 1. The molecule has 5 aromatic carbocycles. The number of fused-ring (bicyclic) bond motifs is 6. The molecule has 0 fully saturated rings. The maximum atomic E-state index is 6.03. The molecule has 0 aliphatic rings. The van der Waals surface area contributed by atoms with Crippen LogP contribution >= 0.6 is 0 Å². The van der Waals surface area contributed by atoms with Crippen LogP contribution in [0.15, 0.2) is 95.4 Å². The Balaban J connectivity index is 1.53. The highest BCUT2D eigenvalue weighted by Gasteiger charge is 2.09. The van der Waals surface area contributed by atoms with Gasteiger partial charge in [-0.25, -0.2) is 0 Å². The predicted octanol–water partition coefficient (Wildman–Crippen LogP) is 7.60. The van der Waals surface area contributed by atoms with Crippen molar-refractivity contribution in [1.29, 1.82) is 0 Å². The van der Waals surface area contributed by atoms with Gasteiger partial charge in [-0.2, -0.15) is 0 Å². The minimum Gasteiger partial charge on any atom is -0.448 e. The Morgan fingerprint density at radius 3 is 2.13 bits per heavy atom. The van der Waals surface area contributed by atoms with Gasteiger partial charge in [0.1, 0.15) is 5.58 Å². The Morgan fingerprint density at radius 1 is 0.567 bits per heavy atom. The minimum atomic E-state index is 0.691. The van der Waals surface area contributed by atoms with Gasteiger partial charge in [0, 0.05) is 17.0 Å². The van der Waals surface area contributed by atoms with Gasteiger partial charge in [0.2, 0.25) is 0 Å². The van der Waals surface area contributed by atoms with Crippen molar-refractivity contribution >= 4 is 43.3 Å². The van der Waals surface area contributed by atoms with Crippen molar-refractivity contribution in [1.82, 2.24) is 0 Å². The lowest BCUT2D eigenvalue weighted by molar-refractivity contribution is 0.601. The fourth-order valence-electron chi connectivity index (χ4n) is 4.18. The molecule has 1 nitrogen and oxygen atoms in total. The lowest BCUT2D eigenvalue weighted by Gasteiger charge is -2.07. The second kappa shape index (κ2) is 6.51. The maximum absolute atomic E-state index is 6.03. The lowest BCUT2D eigenvalue weighted by Crippen LogP contribution is -1.80. The second-order valence-corrected chi connectivity index (χ2v) is 7.79. The minimum absolute atomic E-state index is 0.691. The van der Waals surface area contributed by atoms with E-state index in [1.165, 1.54) is 37.9 Å². The van der Waals surface area contributed by atoms with Gasteiger partial charge in [-0.3, -0.25) is 0 Å². The molecular formula is C29H18O. The van der Waals surface area contributed by atoms with Gasteiger partial charge in [-0.05, 0) is 75.5 Å². The highest BCUT2D eigenvalue weighted by molar-refractivity contribution is 6.18. The van der Waals surface area contributed by atoms with Crippen LogP contribution in [0.25, 0.3) is 43.3 Å². The maximum Gasteiger partial charge on any atom is 0.178 e. The highest BCUT2D eigenvalue weighted by Crippen LogP contribution is 2.34. The quantitative estimate of drug-likeness (QED) is 0.150. The first kappa shape index (κ1) is 16.9. The fourth-order valence-corrected chi connectivity index (χ4v) is 4.18. The Morgan fingerprint density at radius 2 is 1.30 bits per heavy atom. The van der Waals surface area contributed by atoms with Gasteiger partial charge in [0.05, 0.1) is 0 Å². The van der Waals surface area contributed by atoms with E-state index in [1.807, 2.05) is 12.1 Å². The molecule has 6 rings (SSSR count). The van der Waals surface area contributed by atoms with E-state index in [0.717, 1.165) is 16.5 Å². The molecule has 0 bridgehead atoms. The van der Waals surface area contributed by atoms with E-state index in [9.17, 15) is 0 Å². The molecule has 0 saturated heterocycles. The third kappa shape index (κ3) is 2.74. The van der Waals surface area contributed by atoms with Crippen molar-refractivity contribution in [3.05, 3.63) is 108 Å².